The maximum absolute atomic E-state index is 13.4. The molecular weight excluding hydrogens is 416 g/mol. The maximum Gasteiger partial charge on any atom is 0.259 e. The molecule has 4 rings (SSSR count). The fourth-order valence-corrected chi connectivity index (χ4v) is 5.47. The number of thiophene rings is 1. The fraction of sp³-hybridized carbons (Fsp3) is 0.333. The van der Waals surface area contributed by atoms with Crippen molar-refractivity contribution in [2.24, 2.45) is 16.3 Å². The number of benzene rings is 2. The van der Waals surface area contributed by atoms with Crippen LogP contribution in [0.3, 0.4) is 0 Å². The Kier molecular flexibility index (Phi) is 6.47. The van der Waals surface area contributed by atoms with E-state index in [9.17, 15) is 4.79 Å². The molecule has 0 aliphatic heterocycles. The summed E-state index contributed by atoms with van der Waals surface area (Å²) in [6, 6.07) is 17.4. The van der Waals surface area contributed by atoms with Crippen LogP contribution in [0.25, 0.3) is 0 Å². The fourth-order valence-electron chi connectivity index (χ4n) is 4.21. The van der Waals surface area contributed by atoms with Gasteiger partial charge in [-0.1, -0.05) is 51.1 Å². The molecule has 0 saturated heterocycles. The average molecular weight is 447 g/mol. The number of para-hydroxylation sites is 1. The van der Waals surface area contributed by atoms with Gasteiger partial charge in [0.15, 0.2) is 0 Å². The van der Waals surface area contributed by atoms with E-state index in [1.54, 1.807) is 18.4 Å². The van der Waals surface area contributed by atoms with Crippen LogP contribution in [-0.4, -0.2) is 19.2 Å². The zero-order chi connectivity index (χ0) is 22.7. The van der Waals surface area contributed by atoms with Gasteiger partial charge in [0.05, 0.1) is 12.7 Å². The second kappa shape index (κ2) is 9.29. The highest BCUT2D eigenvalue weighted by Crippen LogP contribution is 2.45. The molecule has 166 valence electrons. The quantitative estimate of drug-likeness (QED) is 0.433. The second-order valence-electron chi connectivity index (χ2n) is 9.34. The first kappa shape index (κ1) is 22.3. The van der Waals surface area contributed by atoms with Crippen LogP contribution in [0.15, 0.2) is 59.6 Å². The Labute approximate surface area is 194 Å². The van der Waals surface area contributed by atoms with E-state index >= 15 is 0 Å². The molecule has 0 fully saturated rings. The average Bonchev–Trinajstić information content (AvgIpc) is 3.15. The molecule has 1 heterocycles. The van der Waals surface area contributed by atoms with E-state index in [4.69, 9.17) is 9.73 Å². The number of amides is 1. The lowest BCUT2D eigenvalue weighted by Gasteiger charge is -2.33. The third-order valence-electron chi connectivity index (χ3n) is 6.15. The molecule has 2 aromatic carbocycles. The highest BCUT2D eigenvalue weighted by atomic mass is 32.1. The summed E-state index contributed by atoms with van der Waals surface area (Å²) in [4.78, 5) is 19.4. The zero-order valence-corrected chi connectivity index (χ0v) is 20.0. The minimum atomic E-state index is -0.0827. The summed E-state index contributed by atoms with van der Waals surface area (Å²) in [6.07, 6.45) is 4.84. The highest BCUT2D eigenvalue weighted by molar-refractivity contribution is 7.16. The number of nitrogens with zero attached hydrogens (tertiary/aromatic N) is 1. The number of hydrogen-bond acceptors (Lipinski definition) is 4. The first-order valence-electron chi connectivity index (χ1n) is 11.0. The summed E-state index contributed by atoms with van der Waals surface area (Å²) in [5, 5.41) is 3.85. The largest absolute Gasteiger partial charge is 0.497 e. The Morgan fingerprint density at radius 3 is 2.66 bits per heavy atom. The minimum absolute atomic E-state index is 0.0827. The lowest BCUT2D eigenvalue weighted by Crippen LogP contribution is -2.27. The van der Waals surface area contributed by atoms with Crippen molar-refractivity contribution in [1.82, 2.24) is 0 Å². The van der Waals surface area contributed by atoms with Crippen molar-refractivity contribution in [2.45, 2.75) is 40.0 Å². The zero-order valence-electron chi connectivity index (χ0n) is 19.1. The number of nitrogens with one attached hydrogen (secondary N) is 1. The van der Waals surface area contributed by atoms with E-state index in [0.717, 1.165) is 46.8 Å². The Morgan fingerprint density at radius 2 is 1.94 bits per heavy atom. The van der Waals surface area contributed by atoms with Crippen molar-refractivity contribution in [1.29, 1.82) is 0 Å². The lowest BCUT2D eigenvalue weighted by molar-refractivity contribution is 0.102. The van der Waals surface area contributed by atoms with Gasteiger partial charge in [-0.2, -0.15) is 0 Å². The molecule has 0 radical (unpaired) electrons. The summed E-state index contributed by atoms with van der Waals surface area (Å²) in [7, 11) is 1.65. The maximum atomic E-state index is 13.4. The first-order chi connectivity index (χ1) is 15.3. The van der Waals surface area contributed by atoms with E-state index in [2.05, 4.69) is 26.1 Å². The van der Waals surface area contributed by atoms with Crippen LogP contribution in [-0.2, 0) is 12.8 Å². The molecule has 1 aromatic heterocycles. The van der Waals surface area contributed by atoms with Crippen LogP contribution in [0.4, 0.5) is 10.7 Å². The Balaban J connectivity index is 1.70. The predicted molar refractivity (Wildman–Crippen MR) is 134 cm³/mol. The van der Waals surface area contributed by atoms with Gasteiger partial charge in [-0.05, 0) is 66.0 Å². The van der Waals surface area contributed by atoms with Gasteiger partial charge < -0.3 is 10.1 Å². The monoisotopic (exact) mass is 446 g/mol. The number of fused-ring (bicyclic) bond motifs is 1. The number of hydrogen-bond donors (Lipinski definition) is 1. The molecule has 1 aliphatic carbocycles. The summed E-state index contributed by atoms with van der Waals surface area (Å²) < 4.78 is 5.32. The van der Waals surface area contributed by atoms with Crippen LogP contribution in [0.5, 0.6) is 5.75 Å². The van der Waals surface area contributed by atoms with Gasteiger partial charge in [-0.25, -0.2) is 4.99 Å². The number of carbonyl (C=O) groups excluding carboxylic acids is 1. The van der Waals surface area contributed by atoms with Gasteiger partial charge in [0, 0.05) is 16.8 Å². The predicted octanol–water partition coefficient (Wildman–Crippen LogP) is 6.91. The van der Waals surface area contributed by atoms with Gasteiger partial charge in [-0.15, -0.1) is 11.3 Å². The Hall–Kier alpha value is -2.92. The lowest BCUT2D eigenvalue weighted by atomic mass is 9.72. The van der Waals surface area contributed by atoms with E-state index in [1.807, 2.05) is 60.8 Å². The van der Waals surface area contributed by atoms with E-state index in [1.165, 1.54) is 10.4 Å². The molecular formula is C27H30N2O2S. The SMILES string of the molecule is COc1cccc(C=Nc2sc3c(c2C(=O)Nc2ccccc2)CC[C@H](C(C)(C)C)C3)c1. The van der Waals surface area contributed by atoms with Crippen LogP contribution < -0.4 is 10.1 Å². The smallest absolute Gasteiger partial charge is 0.259 e. The Morgan fingerprint density at radius 1 is 1.16 bits per heavy atom. The third-order valence-corrected chi connectivity index (χ3v) is 7.32. The molecule has 1 amide bonds. The van der Waals surface area contributed by atoms with E-state index in [-0.39, 0.29) is 11.3 Å². The third kappa shape index (κ3) is 4.94. The minimum Gasteiger partial charge on any atom is -0.497 e. The summed E-state index contributed by atoms with van der Waals surface area (Å²) >= 11 is 1.66. The van der Waals surface area contributed by atoms with Crippen LogP contribution >= 0.6 is 11.3 Å². The Bertz CT molecular complexity index is 1130. The van der Waals surface area contributed by atoms with Gasteiger partial charge in [0.25, 0.3) is 5.91 Å². The van der Waals surface area contributed by atoms with Gasteiger partial charge in [0.2, 0.25) is 0 Å². The van der Waals surface area contributed by atoms with E-state index < -0.39 is 0 Å². The summed E-state index contributed by atoms with van der Waals surface area (Å²) in [5.41, 5.74) is 3.88. The van der Waals surface area contributed by atoms with Crippen molar-refractivity contribution in [3.63, 3.8) is 0 Å². The molecule has 32 heavy (non-hydrogen) atoms. The van der Waals surface area contributed by atoms with Crippen LogP contribution in [0.2, 0.25) is 0 Å². The molecule has 0 spiro atoms. The van der Waals surface area contributed by atoms with Crippen molar-refractivity contribution in [3.05, 3.63) is 76.2 Å². The number of aliphatic imine (C=N–C) groups is 1. The molecule has 3 aromatic rings. The van der Waals surface area contributed by atoms with Crippen molar-refractivity contribution < 1.29 is 9.53 Å². The van der Waals surface area contributed by atoms with Crippen molar-refractivity contribution in [2.75, 3.05) is 12.4 Å². The van der Waals surface area contributed by atoms with Crippen molar-refractivity contribution >= 4 is 34.1 Å². The standard InChI is InChI=1S/C27H30N2O2S/c1-27(2,3)19-13-14-22-23(16-19)32-26(28-17-18-9-8-12-21(15-18)31-4)24(22)25(30)29-20-10-6-5-7-11-20/h5-12,15,17,19H,13-14,16H2,1-4H3,(H,29,30)/t19-/m0/s1. The van der Waals surface area contributed by atoms with Crippen LogP contribution in [0.1, 0.15) is 53.6 Å². The number of methoxy groups -OCH3 is 1. The normalized spacial score (nSPS) is 16.1. The number of rotatable bonds is 5. The van der Waals surface area contributed by atoms with Gasteiger partial charge >= 0.3 is 0 Å². The van der Waals surface area contributed by atoms with Crippen molar-refractivity contribution in [3.8, 4) is 5.75 Å². The number of carbonyl (C=O) groups is 1. The molecule has 1 N–H and O–H groups in total. The molecule has 1 aliphatic rings. The van der Waals surface area contributed by atoms with Crippen LogP contribution in [0, 0.1) is 11.3 Å². The van der Waals surface area contributed by atoms with E-state index in [0.29, 0.717) is 5.92 Å². The van der Waals surface area contributed by atoms with Gasteiger partial charge in [-0.3, -0.25) is 4.79 Å². The van der Waals surface area contributed by atoms with Gasteiger partial charge in [0.1, 0.15) is 10.8 Å². The molecule has 0 unspecified atom stereocenters. The second-order valence-corrected chi connectivity index (χ2v) is 10.4. The topological polar surface area (TPSA) is 50.7 Å². The molecule has 1 atom stereocenters. The summed E-state index contributed by atoms with van der Waals surface area (Å²) in [5.74, 6) is 1.31. The molecule has 5 heteroatoms. The molecule has 4 nitrogen and oxygen atoms in total. The number of anilines is 1. The molecule has 0 saturated carbocycles. The highest BCUT2D eigenvalue weighted by Gasteiger charge is 2.33. The molecule has 0 bridgehead atoms. The number of ether oxygens (including phenoxy) is 1. The first-order valence-corrected chi connectivity index (χ1v) is 11.9. The summed E-state index contributed by atoms with van der Waals surface area (Å²) in [6.45, 7) is 6.92.